The van der Waals surface area contributed by atoms with E-state index in [-0.39, 0.29) is 24.2 Å². The average molecular weight is 507 g/mol. The lowest BCUT2D eigenvalue weighted by molar-refractivity contribution is 0.0746. The van der Waals surface area contributed by atoms with Gasteiger partial charge in [-0.1, -0.05) is 23.4 Å². The quantitative estimate of drug-likeness (QED) is 0.663. The first-order valence-corrected chi connectivity index (χ1v) is 12.4. The van der Waals surface area contributed by atoms with E-state index in [4.69, 9.17) is 16.3 Å². The van der Waals surface area contributed by atoms with Crippen molar-refractivity contribution < 1.29 is 23.5 Å². The Labute approximate surface area is 206 Å². The molecule has 34 heavy (non-hydrogen) atoms. The molecule has 11 heteroatoms. The number of rotatable bonds is 5. The first kappa shape index (κ1) is 24.2. The Balaban J connectivity index is 1.35. The largest absolute Gasteiger partial charge is 0.442 e. The van der Waals surface area contributed by atoms with Crippen LogP contribution in [0.25, 0.3) is 0 Å². The number of nitrogens with zero attached hydrogens (tertiary/aromatic N) is 3. The average Bonchev–Trinajstić information content (AvgIpc) is 3.23. The van der Waals surface area contributed by atoms with Crippen molar-refractivity contribution in [1.82, 2.24) is 10.2 Å². The Hall–Kier alpha value is -2.98. The number of ether oxygens (including phenoxy) is 1. The Bertz CT molecular complexity index is 1080. The van der Waals surface area contributed by atoms with Gasteiger partial charge in [0.25, 0.3) is 11.1 Å². The third-order valence-electron chi connectivity index (χ3n) is 5.78. The van der Waals surface area contributed by atoms with Crippen molar-refractivity contribution in [2.45, 2.75) is 6.10 Å². The van der Waals surface area contributed by atoms with Crippen molar-refractivity contribution in [3.8, 4) is 0 Å². The fourth-order valence-electron chi connectivity index (χ4n) is 3.95. The number of anilines is 2. The molecular weight excluding hydrogens is 483 g/mol. The summed E-state index contributed by atoms with van der Waals surface area (Å²) in [6, 6.07) is 11.4. The van der Waals surface area contributed by atoms with Crippen LogP contribution in [-0.4, -0.2) is 73.8 Å². The molecule has 180 valence electrons. The highest BCUT2D eigenvalue weighted by molar-refractivity contribution is 8.12. The molecular formula is C23H24ClFN4O4S. The fourth-order valence-corrected chi connectivity index (χ4v) is 4.31. The van der Waals surface area contributed by atoms with Crippen LogP contribution in [0.15, 0.2) is 42.5 Å². The van der Waals surface area contributed by atoms with Gasteiger partial charge in [0.05, 0.1) is 24.5 Å². The molecule has 3 amide bonds. The lowest BCUT2D eigenvalue weighted by atomic mass is 10.1. The molecule has 0 bridgehead atoms. The number of thioether (sulfide) groups is 1. The molecule has 2 aromatic rings. The standard InChI is InChI=1S/C23H24ClFN4O4S/c1-34-22(31)26-13-18-14-29(23(32)33-18)17-6-7-20(19(25)12-17)27-8-10-28(11-9-27)21(30)15-2-4-16(24)5-3-15/h2-7,12,18H,8-11,13-14H2,1H3,(H,26,31). The predicted octanol–water partition coefficient (Wildman–Crippen LogP) is 3.84. The highest BCUT2D eigenvalue weighted by Crippen LogP contribution is 2.28. The maximum Gasteiger partial charge on any atom is 0.414 e. The van der Waals surface area contributed by atoms with Crippen molar-refractivity contribution in [3.05, 3.63) is 58.9 Å². The third-order valence-corrected chi connectivity index (χ3v) is 6.54. The predicted molar refractivity (Wildman–Crippen MR) is 130 cm³/mol. The van der Waals surface area contributed by atoms with Gasteiger partial charge >= 0.3 is 6.09 Å². The third kappa shape index (κ3) is 5.39. The molecule has 0 saturated carbocycles. The van der Waals surface area contributed by atoms with Gasteiger partial charge in [-0.15, -0.1) is 0 Å². The number of cyclic esters (lactones) is 1. The number of amides is 3. The van der Waals surface area contributed by atoms with Crippen molar-refractivity contribution in [3.63, 3.8) is 0 Å². The van der Waals surface area contributed by atoms with E-state index >= 15 is 0 Å². The maximum absolute atomic E-state index is 15.0. The van der Waals surface area contributed by atoms with E-state index in [2.05, 4.69) is 5.32 Å². The van der Waals surface area contributed by atoms with Crippen LogP contribution in [0.4, 0.5) is 25.4 Å². The number of carbonyl (C=O) groups excluding carboxylic acids is 3. The van der Waals surface area contributed by atoms with Gasteiger partial charge in [0.2, 0.25) is 0 Å². The zero-order valence-corrected chi connectivity index (χ0v) is 20.1. The zero-order valence-electron chi connectivity index (χ0n) is 18.5. The minimum atomic E-state index is -0.579. The summed E-state index contributed by atoms with van der Waals surface area (Å²) >= 11 is 6.93. The molecule has 2 aliphatic heterocycles. The summed E-state index contributed by atoms with van der Waals surface area (Å²) in [5.41, 5.74) is 1.37. The van der Waals surface area contributed by atoms with Gasteiger partial charge in [-0.25, -0.2) is 9.18 Å². The van der Waals surface area contributed by atoms with Gasteiger partial charge in [-0.05, 0) is 48.7 Å². The smallest absolute Gasteiger partial charge is 0.414 e. The first-order valence-electron chi connectivity index (χ1n) is 10.7. The van der Waals surface area contributed by atoms with Crippen LogP contribution in [0.1, 0.15) is 10.4 Å². The number of benzene rings is 2. The summed E-state index contributed by atoms with van der Waals surface area (Å²) < 4.78 is 20.3. The summed E-state index contributed by atoms with van der Waals surface area (Å²) in [7, 11) is 0. The van der Waals surface area contributed by atoms with Crippen molar-refractivity contribution in [1.29, 1.82) is 0 Å². The Morgan fingerprint density at radius 2 is 1.85 bits per heavy atom. The van der Waals surface area contributed by atoms with Crippen LogP contribution in [0.2, 0.25) is 5.02 Å². The second-order valence-corrected chi connectivity index (χ2v) is 9.13. The summed E-state index contributed by atoms with van der Waals surface area (Å²) in [5, 5.41) is 3.02. The van der Waals surface area contributed by atoms with Crippen molar-refractivity contribution in [2.75, 3.05) is 55.3 Å². The number of piperazine rings is 1. The summed E-state index contributed by atoms with van der Waals surface area (Å²) in [5.74, 6) is -0.537. The minimum Gasteiger partial charge on any atom is -0.442 e. The molecule has 8 nitrogen and oxygen atoms in total. The minimum absolute atomic E-state index is 0.0806. The van der Waals surface area contributed by atoms with E-state index in [1.54, 1.807) is 47.6 Å². The number of halogens is 2. The lowest BCUT2D eigenvalue weighted by Gasteiger charge is -2.36. The molecule has 1 atom stereocenters. The topological polar surface area (TPSA) is 82.2 Å². The van der Waals surface area contributed by atoms with E-state index in [0.717, 1.165) is 11.8 Å². The van der Waals surface area contributed by atoms with Crippen LogP contribution >= 0.6 is 23.4 Å². The fraction of sp³-hybridized carbons (Fsp3) is 0.348. The van der Waals surface area contributed by atoms with E-state index < -0.39 is 18.0 Å². The molecule has 0 aliphatic carbocycles. The number of hydrogen-bond donors (Lipinski definition) is 1. The molecule has 2 aromatic carbocycles. The first-order chi connectivity index (χ1) is 16.4. The van der Waals surface area contributed by atoms with E-state index in [1.807, 2.05) is 4.90 Å². The molecule has 2 heterocycles. The second kappa shape index (κ2) is 10.5. The highest BCUT2D eigenvalue weighted by Gasteiger charge is 2.33. The van der Waals surface area contributed by atoms with Crippen molar-refractivity contribution in [2.24, 2.45) is 0 Å². The number of hydrogen-bond acceptors (Lipinski definition) is 6. The summed E-state index contributed by atoms with van der Waals surface area (Å²) in [6.07, 6.45) is 0.576. The van der Waals surface area contributed by atoms with Gasteiger partial charge in [0.1, 0.15) is 11.9 Å². The molecule has 2 fully saturated rings. The molecule has 1 N–H and O–H groups in total. The molecule has 0 radical (unpaired) electrons. The Kier molecular flexibility index (Phi) is 7.47. The van der Waals surface area contributed by atoms with E-state index in [0.29, 0.717) is 48.1 Å². The van der Waals surface area contributed by atoms with Gasteiger partial charge in [0.15, 0.2) is 0 Å². The summed E-state index contributed by atoms with van der Waals surface area (Å²) in [6.45, 7) is 2.31. The molecule has 1 unspecified atom stereocenters. The van der Waals surface area contributed by atoms with Crippen LogP contribution in [-0.2, 0) is 4.74 Å². The van der Waals surface area contributed by atoms with Crippen molar-refractivity contribution >= 4 is 52.0 Å². The second-order valence-electron chi connectivity index (χ2n) is 7.91. The number of carbonyl (C=O) groups is 3. The highest BCUT2D eigenvalue weighted by atomic mass is 35.5. The SMILES string of the molecule is CSC(=O)NCC1CN(c2ccc(N3CCN(C(=O)c4ccc(Cl)cc4)CC3)c(F)c2)C(=O)O1. The van der Waals surface area contributed by atoms with Gasteiger partial charge in [-0.3, -0.25) is 14.5 Å². The molecule has 2 saturated heterocycles. The van der Waals surface area contributed by atoms with Gasteiger partial charge < -0.3 is 19.9 Å². The van der Waals surface area contributed by atoms with Crippen LogP contribution in [0.5, 0.6) is 0 Å². The zero-order chi connectivity index (χ0) is 24.2. The number of nitrogens with one attached hydrogen (secondary N) is 1. The molecule has 0 aromatic heterocycles. The summed E-state index contributed by atoms with van der Waals surface area (Å²) in [4.78, 5) is 41.3. The molecule has 0 spiro atoms. The lowest BCUT2D eigenvalue weighted by Crippen LogP contribution is -2.49. The van der Waals surface area contributed by atoms with Crippen LogP contribution < -0.4 is 15.1 Å². The van der Waals surface area contributed by atoms with Crippen LogP contribution in [0.3, 0.4) is 0 Å². The monoisotopic (exact) mass is 506 g/mol. The normalized spacial score (nSPS) is 18.1. The molecule has 2 aliphatic rings. The Morgan fingerprint density at radius 3 is 2.50 bits per heavy atom. The van der Waals surface area contributed by atoms with Gasteiger partial charge in [-0.2, -0.15) is 0 Å². The molecule has 4 rings (SSSR count). The van der Waals surface area contributed by atoms with Crippen LogP contribution in [0, 0.1) is 5.82 Å². The maximum atomic E-state index is 15.0. The Morgan fingerprint density at radius 1 is 1.15 bits per heavy atom. The van der Waals surface area contributed by atoms with E-state index in [9.17, 15) is 18.8 Å². The van der Waals surface area contributed by atoms with E-state index in [1.165, 1.54) is 11.0 Å². The van der Waals surface area contributed by atoms with Gasteiger partial charge in [0, 0.05) is 36.8 Å².